The van der Waals surface area contributed by atoms with E-state index in [0.29, 0.717) is 19.2 Å². The van der Waals surface area contributed by atoms with E-state index in [1.54, 1.807) is 0 Å². The van der Waals surface area contributed by atoms with E-state index in [2.05, 4.69) is 21.2 Å². The van der Waals surface area contributed by atoms with E-state index in [9.17, 15) is 0 Å². The molecule has 7 heteroatoms. The van der Waals surface area contributed by atoms with Crippen LogP contribution in [-0.4, -0.2) is 31.9 Å². The minimum Gasteiger partial charge on any atom is -0.494 e. The second-order valence-electron chi connectivity index (χ2n) is 7.13. The van der Waals surface area contributed by atoms with Gasteiger partial charge in [0.05, 0.1) is 12.3 Å². The Morgan fingerprint density at radius 3 is 2.75 bits per heavy atom. The molecule has 0 bridgehead atoms. The van der Waals surface area contributed by atoms with Crippen LogP contribution in [0.4, 0.5) is 5.69 Å². The summed E-state index contributed by atoms with van der Waals surface area (Å²) in [5.74, 6) is 2.38. The third kappa shape index (κ3) is 3.32. The number of anilines is 1. The molecule has 4 N–H and O–H groups in total. The molecule has 1 saturated heterocycles. The van der Waals surface area contributed by atoms with Crippen molar-refractivity contribution in [1.29, 1.82) is 0 Å². The van der Waals surface area contributed by atoms with Crippen LogP contribution in [0.15, 0.2) is 34.6 Å². The largest absolute Gasteiger partial charge is 0.494 e. The van der Waals surface area contributed by atoms with Gasteiger partial charge in [0.15, 0.2) is 6.67 Å². The summed E-state index contributed by atoms with van der Waals surface area (Å²) in [5.41, 5.74) is 10.4. The fourth-order valence-electron chi connectivity index (χ4n) is 3.95. The zero-order valence-electron chi connectivity index (χ0n) is 13.9. The summed E-state index contributed by atoms with van der Waals surface area (Å²) in [6.07, 6.45) is 4.65. The number of hydrogen-bond donors (Lipinski definition) is 3. The third-order valence-electron chi connectivity index (χ3n) is 5.56. The number of rotatable bonds is 6. The van der Waals surface area contributed by atoms with Crippen LogP contribution in [0.2, 0.25) is 0 Å². The SMILES string of the molecule is N[C@@]1(CCOc2ccc(N3CN=NN3)cc2)C[C@@H]1C1CCNCC1. The lowest BCUT2D eigenvalue weighted by Gasteiger charge is -2.24. The maximum Gasteiger partial charge on any atom is 0.154 e. The lowest BCUT2D eigenvalue weighted by Crippen LogP contribution is -2.34. The molecule has 0 spiro atoms. The zero-order valence-corrected chi connectivity index (χ0v) is 13.9. The fraction of sp³-hybridized carbons (Fsp3) is 0.647. The Bertz CT molecular complexity index is 577. The van der Waals surface area contributed by atoms with Crippen LogP contribution < -0.4 is 26.3 Å². The lowest BCUT2D eigenvalue weighted by atomic mass is 9.90. The minimum absolute atomic E-state index is 0.00439. The van der Waals surface area contributed by atoms with Gasteiger partial charge < -0.3 is 15.8 Å². The van der Waals surface area contributed by atoms with Crippen LogP contribution in [-0.2, 0) is 0 Å². The summed E-state index contributed by atoms with van der Waals surface area (Å²) in [6, 6.07) is 7.98. The Morgan fingerprint density at radius 2 is 2.04 bits per heavy atom. The summed E-state index contributed by atoms with van der Waals surface area (Å²) in [7, 11) is 0. The fourth-order valence-corrected chi connectivity index (χ4v) is 3.95. The Labute approximate surface area is 142 Å². The number of hydrogen-bond acceptors (Lipinski definition) is 7. The van der Waals surface area contributed by atoms with Crippen LogP contribution in [0.1, 0.15) is 25.7 Å². The first-order chi connectivity index (χ1) is 11.7. The van der Waals surface area contributed by atoms with Crippen LogP contribution in [0.25, 0.3) is 0 Å². The maximum absolute atomic E-state index is 6.56. The highest BCUT2D eigenvalue weighted by Gasteiger charge is 2.53. The molecule has 1 aromatic rings. The Hall–Kier alpha value is -1.86. The van der Waals surface area contributed by atoms with Gasteiger partial charge in [0.1, 0.15) is 5.75 Å². The predicted molar refractivity (Wildman–Crippen MR) is 92.5 cm³/mol. The van der Waals surface area contributed by atoms with Gasteiger partial charge in [0.25, 0.3) is 0 Å². The number of nitrogens with one attached hydrogen (secondary N) is 2. The van der Waals surface area contributed by atoms with Gasteiger partial charge in [-0.15, -0.1) is 5.11 Å². The van der Waals surface area contributed by atoms with Crippen molar-refractivity contribution >= 4 is 5.69 Å². The maximum atomic E-state index is 6.56. The van der Waals surface area contributed by atoms with Crippen molar-refractivity contribution in [2.75, 3.05) is 31.4 Å². The van der Waals surface area contributed by atoms with E-state index in [0.717, 1.165) is 43.3 Å². The molecule has 130 valence electrons. The highest BCUT2D eigenvalue weighted by molar-refractivity contribution is 5.48. The van der Waals surface area contributed by atoms with Gasteiger partial charge in [0, 0.05) is 5.54 Å². The second kappa shape index (κ2) is 6.57. The quantitative estimate of drug-likeness (QED) is 0.740. The molecule has 2 atom stereocenters. The number of nitrogens with zero attached hydrogens (tertiary/aromatic N) is 3. The molecule has 3 aliphatic rings. The molecular weight excluding hydrogens is 304 g/mol. The summed E-state index contributed by atoms with van der Waals surface area (Å²) in [6.45, 7) is 3.51. The molecule has 4 rings (SSSR count). The van der Waals surface area contributed by atoms with Crippen molar-refractivity contribution in [2.24, 2.45) is 27.9 Å². The highest BCUT2D eigenvalue weighted by atomic mass is 16.5. The van der Waals surface area contributed by atoms with E-state index in [1.807, 2.05) is 29.3 Å². The van der Waals surface area contributed by atoms with Gasteiger partial charge in [-0.05, 0) is 74.9 Å². The monoisotopic (exact) mass is 330 g/mol. The van der Waals surface area contributed by atoms with Gasteiger partial charge in [-0.1, -0.05) is 5.22 Å². The molecule has 2 fully saturated rings. The smallest absolute Gasteiger partial charge is 0.154 e. The second-order valence-corrected chi connectivity index (χ2v) is 7.13. The molecule has 0 radical (unpaired) electrons. The number of hydrazine groups is 1. The molecule has 0 aromatic heterocycles. The topological polar surface area (TPSA) is 87.3 Å². The highest BCUT2D eigenvalue weighted by Crippen LogP contribution is 2.51. The molecule has 1 aromatic carbocycles. The van der Waals surface area contributed by atoms with E-state index in [-0.39, 0.29) is 5.54 Å². The van der Waals surface area contributed by atoms with E-state index in [1.165, 1.54) is 12.8 Å². The van der Waals surface area contributed by atoms with Crippen LogP contribution in [0.3, 0.4) is 0 Å². The molecule has 2 heterocycles. The molecule has 1 saturated carbocycles. The molecule has 1 aliphatic carbocycles. The van der Waals surface area contributed by atoms with Crippen molar-refractivity contribution in [1.82, 2.24) is 10.9 Å². The predicted octanol–water partition coefficient (Wildman–Crippen LogP) is 1.82. The first kappa shape index (κ1) is 15.7. The number of piperidine rings is 1. The summed E-state index contributed by atoms with van der Waals surface area (Å²) in [4.78, 5) is 0. The van der Waals surface area contributed by atoms with Crippen molar-refractivity contribution in [3.05, 3.63) is 24.3 Å². The summed E-state index contributed by atoms with van der Waals surface area (Å²) >= 11 is 0. The zero-order chi connectivity index (χ0) is 16.4. The van der Waals surface area contributed by atoms with Crippen molar-refractivity contribution in [3.63, 3.8) is 0 Å². The van der Waals surface area contributed by atoms with E-state index >= 15 is 0 Å². The van der Waals surface area contributed by atoms with Crippen molar-refractivity contribution < 1.29 is 4.74 Å². The molecular formula is C17H26N6O. The van der Waals surface area contributed by atoms with Gasteiger partial charge >= 0.3 is 0 Å². The Kier molecular flexibility index (Phi) is 4.28. The Morgan fingerprint density at radius 1 is 1.25 bits per heavy atom. The molecule has 0 unspecified atom stereocenters. The average Bonchev–Trinajstić information content (AvgIpc) is 3.04. The average molecular weight is 330 g/mol. The van der Waals surface area contributed by atoms with E-state index in [4.69, 9.17) is 10.5 Å². The summed E-state index contributed by atoms with van der Waals surface area (Å²) < 4.78 is 5.90. The number of nitrogens with two attached hydrogens (primary N) is 1. The van der Waals surface area contributed by atoms with Gasteiger partial charge in [-0.25, -0.2) is 5.01 Å². The minimum atomic E-state index is 0.00439. The molecule has 2 aliphatic heterocycles. The van der Waals surface area contributed by atoms with E-state index < -0.39 is 0 Å². The van der Waals surface area contributed by atoms with Gasteiger partial charge in [-0.2, -0.15) is 5.53 Å². The normalized spacial score (nSPS) is 29.5. The van der Waals surface area contributed by atoms with Crippen molar-refractivity contribution in [3.8, 4) is 5.75 Å². The van der Waals surface area contributed by atoms with Crippen LogP contribution in [0.5, 0.6) is 5.75 Å². The third-order valence-corrected chi connectivity index (χ3v) is 5.56. The van der Waals surface area contributed by atoms with Crippen LogP contribution in [0, 0.1) is 11.8 Å². The lowest BCUT2D eigenvalue weighted by molar-refractivity contribution is 0.265. The molecule has 24 heavy (non-hydrogen) atoms. The number of benzene rings is 1. The first-order valence-corrected chi connectivity index (χ1v) is 8.87. The molecule has 0 amide bonds. The Balaban J connectivity index is 1.22. The van der Waals surface area contributed by atoms with Crippen LogP contribution >= 0.6 is 0 Å². The standard InChI is InChI=1S/C17H26N6O/c18-17(11-16(17)13-5-8-19-9-6-13)7-10-24-15-3-1-14(2-4-15)23-12-20-21-22-23/h1-4,13,16,19H,5-12,18H2,(H,20,22)/t16-,17+/m1/s1. The molecule has 7 nitrogen and oxygen atoms in total. The van der Waals surface area contributed by atoms with Crippen molar-refractivity contribution in [2.45, 2.75) is 31.2 Å². The number of ether oxygens (including phenoxy) is 1. The van der Waals surface area contributed by atoms with Gasteiger partial charge in [-0.3, -0.25) is 0 Å². The first-order valence-electron chi connectivity index (χ1n) is 8.87. The van der Waals surface area contributed by atoms with Gasteiger partial charge in [0.2, 0.25) is 0 Å². The summed E-state index contributed by atoms with van der Waals surface area (Å²) in [5, 5.41) is 12.9.